The van der Waals surface area contributed by atoms with Crippen molar-refractivity contribution in [3.05, 3.63) is 24.3 Å². The molecule has 19 heavy (non-hydrogen) atoms. The number of sulfonamides is 1. The Kier molecular flexibility index (Phi) is 3.48. The molecule has 1 aliphatic heterocycles. The van der Waals surface area contributed by atoms with E-state index in [1.807, 2.05) is 0 Å². The third kappa shape index (κ3) is 2.70. The lowest BCUT2D eigenvalue weighted by atomic mass is 9.98. The van der Waals surface area contributed by atoms with Crippen molar-refractivity contribution in [2.24, 2.45) is 5.14 Å². The van der Waals surface area contributed by atoms with Crippen molar-refractivity contribution in [3.8, 4) is 0 Å². The van der Waals surface area contributed by atoms with E-state index in [4.69, 9.17) is 9.88 Å². The summed E-state index contributed by atoms with van der Waals surface area (Å²) in [6, 6.07) is 5.91. The first-order chi connectivity index (χ1) is 8.85. The van der Waals surface area contributed by atoms with Gasteiger partial charge in [0, 0.05) is 13.0 Å². The van der Waals surface area contributed by atoms with Crippen molar-refractivity contribution in [2.75, 3.05) is 18.5 Å². The second-order valence-corrected chi connectivity index (χ2v) is 5.89. The van der Waals surface area contributed by atoms with Crippen LogP contribution >= 0.6 is 0 Å². The number of hydrogen-bond donors (Lipinski definition) is 3. The van der Waals surface area contributed by atoms with Crippen LogP contribution in [-0.2, 0) is 19.6 Å². The fraction of sp³-hybridized carbons (Fsp3) is 0.364. The fourth-order valence-electron chi connectivity index (χ4n) is 1.96. The van der Waals surface area contributed by atoms with Crippen LogP contribution in [0.25, 0.3) is 0 Å². The Bertz CT molecular complexity index is 593. The number of ether oxygens (including phenoxy) is 1. The van der Waals surface area contributed by atoms with Gasteiger partial charge < -0.3 is 15.2 Å². The van der Waals surface area contributed by atoms with E-state index in [1.54, 1.807) is 6.07 Å². The number of carboxylic acid groups (broad SMARTS) is 1. The highest BCUT2D eigenvalue weighted by molar-refractivity contribution is 7.89. The molecule has 4 N–H and O–H groups in total. The highest BCUT2D eigenvalue weighted by Crippen LogP contribution is 2.28. The molecule has 1 atom stereocenters. The molecule has 0 aromatic heterocycles. The van der Waals surface area contributed by atoms with Crippen molar-refractivity contribution in [2.45, 2.75) is 16.9 Å². The molecule has 0 aliphatic carbocycles. The topological polar surface area (TPSA) is 119 Å². The Morgan fingerprint density at radius 2 is 2.11 bits per heavy atom. The first kappa shape index (κ1) is 13.8. The minimum Gasteiger partial charge on any atom is -0.479 e. The number of hydrogen-bond acceptors (Lipinski definition) is 5. The highest BCUT2D eigenvalue weighted by Gasteiger charge is 2.43. The van der Waals surface area contributed by atoms with Crippen LogP contribution in [0.3, 0.4) is 0 Å². The maximum absolute atomic E-state index is 11.5. The molecule has 1 aliphatic rings. The zero-order valence-corrected chi connectivity index (χ0v) is 10.8. The molecule has 0 radical (unpaired) electrons. The normalized spacial score (nSPS) is 23.2. The Balaban J connectivity index is 2.41. The summed E-state index contributed by atoms with van der Waals surface area (Å²) in [7, 11) is -3.92. The molecule has 1 aromatic carbocycles. The van der Waals surface area contributed by atoms with Crippen molar-refractivity contribution in [3.63, 3.8) is 0 Å². The SMILES string of the molecule is NS(=O)(=O)c1ccccc1NC1(C(=O)O)CCOC1. The maximum atomic E-state index is 11.5. The lowest BCUT2D eigenvalue weighted by Gasteiger charge is -2.26. The molecule has 8 heteroatoms. The Morgan fingerprint density at radius 3 is 2.63 bits per heavy atom. The average Bonchev–Trinajstić information content (AvgIpc) is 2.78. The Morgan fingerprint density at radius 1 is 1.42 bits per heavy atom. The summed E-state index contributed by atoms with van der Waals surface area (Å²) in [5.74, 6) is -1.09. The van der Waals surface area contributed by atoms with Crippen molar-refractivity contribution < 1.29 is 23.1 Å². The van der Waals surface area contributed by atoms with Crippen molar-refractivity contribution in [1.29, 1.82) is 0 Å². The second kappa shape index (κ2) is 4.80. The van der Waals surface area contributed by atoms with Crippen LogP contribution in [0.15, 0.2) is 29.2 Å². The van der Waals surface area contributed by atoms with Crippen LogP contribution in [0, 0.1) is 0 Å². The molecule has 0 spiro atoms. The zero-order valence-electron chi connectivity index (χ0n) is 10.00. The Labute approximate surface area is 110 Å². The van der Waals surface area contributed by atoms with Gasteiger partial charge in [0.25, 0.3) is 0 Å². The summed E-state index contributed by atoms with van der Waals surface area (Å²) in [6.07, 6.45) is 0.251. The molecule has 7 nitrogen and oxygen atoms in total. The third-order valence-electron chi connectivity index (χ3n) is 3.00. The molecule has 1 saturated heterocycles. The number of carboxylic acids is 1. The fourth-order valence-corrected chi connectivity index (χ4v) is 2.66. The number of anilines is 1. The summed E-state index contributed by atoms with van der Waals surface area (Å²) in [4.78, 5) is 11.2. The molecule has 2 rings (SSSR count). The molecule has 0 bridgehead atoms. The maximum Gasteiger partial charge on any atom is 0.331 e. The van der Waals surface area contributed by atoms with Gasteiger partial charge in [-0.3, -0.25) is 0 Å². The molecule has 1 fully saturated rings. The molecule has 1 unspecified atom stereocenters. The van der Waals surface area contributed by atoms with Crippen LogP contribution in [0.5, 0.6) is 0 Å². The van der Waals surface area contributed by atoms with Gasteiger partial charge in [-0.25, -0.2) is 18.4 Å². The van der Waals surface area contributed by atoms with Gasteiger partial charge in [-0.05, 0) is 12.1 Å². The number of rotatable bonds is 4. The largest absolute Gasteiger partial charge is 0.479 e. The molecule has 0 saturated carbocycles. The molecule has 1 heterocycles. The van der Waals surface area contributed by atoms with Gasteiger partial charge in [-0.15, -0.1) is 0 Å². The molecule has 104 valence electrons. The lowest BCUT2D eigenvalue weighted by Crippen LogP contribution is -2.47. The summed E-state index contributed by atoms with van der Waals surface area (Å²) in [5, 5.41) is 17.1. The summed E-state index contributed by atoms with van der Waals surface area (Å²) in [5.41, 5.74) is -1.15. The van der Waals surface area contributed by atoms with Crippen LogP contribution < -0.4 is 10.5 Å². The quantitative estimate of drug-likeness (QED) is 0.716. The van der Waals surface area contributed by atoms with E-state index in [0.29, 0.717) is 6.61 Å². The van der Waals surface area contributed by atoms with Gasteiger partial charge in [-0.2, -0.15) is 0 Å². The molecular formula is C11H14N2O5S. The predicted octanol–water partition coefficient (Wildman–Crippen LogP) is -0.0104. The lowest BCUT2D eigenvalue weighted by molar-refractivity contribution is -0.142. The Hall–Kier alpha value is -1.64. The minimum atomic E-state index is -3.92. The summed E-state index contributed by atoms with van der Waals surface area (Å²) in [6.45, 7) is 0.276. The summed E-state index contributed by atoms with van der Waals surface area (Å²) >= 11 is 0. The van der Waals surface area contributed by atoms with Gasteiger partial charge in [0.15, 0.2) is 5.54 Å². The van der Waals surface area contributed by atoms with Crippen molar-refractivity contribution >= 4 is 21.7 Å². The predicted molar refractivity (Wildman–Crippen MR) is 67.2 cm³/mol. The number of benzene rings is 1. The highest BCUT2D eigenvalue weighted by atomic mass is 32.2. The number of carbonyl (C=O) groups is 1. The first-order valence-electron chi connectivity index (χ1n) is 5.56. The van der Waals surface area contributed by atoms with Crippen LogP contribution in [0.2, 0.25) is 0 Å². The second-order valence-electron chi connectivity index (χ2n) is 4.36. The third-order valence-corrected chi connectivity index (χ3v) is 3.97. The van der Waals surface area contributed by atoms with E-state index in [1.165, 1.54) is 18.2 Å². The van der Waals surface area contributed by atoms with Crippen molar-refractivity contribution in [1.82, 2.24) is 0 Å². The van der Waals surface area contributed by atoms with Gasteiger partial charge >= 0.3 is 5.97 Å². The van der Waals surface area contributed by atoms with E-state index < -0.39 is 21.5 Å². The number of aliphatic carboxylic acids is 1. The number of primary sulfonamides is 1. The smallest absolute Gasteiger partial charge is 0.331 e. The molecule has 0 amide bonds. The standard InChI is InChI=1S/C11H14N2O5S/c12-19(16,17)9-4-2-1-3-8(9)13-11(10(14)15)5-6-18-7-11/h1-4,13H,5-7H2,(H,14,15)(H2,12,16,17). The van der Waals surface area contributed by atoms with E-state index >= 15 is 0 Å². The van der Waals surface area contributed by atoms with Crippen LogP contribution in [-0.4, -0.2) is 38.2 Å². The summed E-state index contributed by atoms with van der Waals surface area (Å²) < 4.78 is 28.0. The van der Waals surface area contributed by atoms with Crippen LogP contribution in [0.4, 0.5) is 5.69 Å². The van der Waals surface area contributed by atoms with E-state index in [0.717, 1.165) is 0 Å². The zero-order chi connectivity index (χ0) is 14.1. The molecular weight excluding hydrogens is 272 g/mol. The minimum absolute atomic E-state index is 0.0265. The van der Waals surface area contributed by atoms with Gasteiger partial charge in [0.1, 0.15) is 4.90 Å². The van der Waals surface area contributed by atoms with E-state index in [2.05, 4.69) is 5.32 Å². The molecule has 1 aromatic rings. The van der Waals surface area contributed by atoms with Gasteiger partial charge in [-0.1, -0.05) is 12.1 Å². The first-order valence-corrected chi connectivity index (χ1v) is 7.11. The number of nitrogens with one attached hydrogen (secondary N) is 1. The van der Waals surface area contributed by atoms with Gasteiger partial charge in [0.05, 0.1) is 12.3 Å². The van der Waals surface area contributed by atoms with Crippen LogP contribution in [0.1, 0.15) is 6.42 Å². The number of nitrogens with two attached hydrogens (primary N) is 1. The van der Waals surface area contributed by atoms with E-state index in [9.17, 15) is 18.3 Å². The average molecular weight is 286 g/mol. The monoisotopic (exact) mass is 286 g/mol. The number of para-hydroxylation sites is 1. The van der Waals surface area contributed by atoms with E-state index in [-0.39, 0.29) is 23.6 Å². The van der Waals surface area contributed by atoms with Gasteiger partial charge in [0.2, 0.25) is 10.0 Å².